The van der Waals surface area contributed by atoms with Crippen molar-refractivity contribution in [2.45, 2.75) is 19.8 Å². The van der Waals surface area contributed by atoms with Crippen molar-refractivity contribution in [2.75, 3.05) is 13.1 Å². The van der Waals surface area contributed by atoms with E-state index in [0.29, 0.717) is 31.8 Å². The molecule has 1 atom stereocenters. The Morgan fingerprint density at radius 2 is 2.18 bits per heavy atom. The predicted octanol–water partition coefficient (Wildman–Crippen LogP) is 3.55. The van der Waals surface area contributed by atoms with Crippen molar-refractivity contribution in [3.8, 4) is 0 Å². The third-order valence-electron chi connectivity index (χ3n) is 3.01. The largest absolute Gasteiger partial charge is 0.356 e. The van der Waals surface area contributed by atoms with Crippen molar-refractivity contribution in [2.24, 2.45) is 11.7 Å². The Hall–Kier alpha value is -0.400. The van der Waals surface area contributed by atoms with E-state index >= 15 is 0 Å². The van der Waals surface area contributed by atoms with Crippen LogP contribution in [-0.4, -0.2) is 24.0 Å². The minimum atomic E-state index is 0. The number of thiazole rings is 1. The van der Waals surface area contributed by atoms with Crippen molar-refractivity contribution >= 4 is 68.2 Å². The first kappa shape index (κ1) is 21.6. The van der Waals surface area contributed by atoms with Gasteiger partial charge >= 0.3 is 0 Å². The average Bonchev–Trinajstić information content (AvgIpc) is 2.84. The number of nitrogens with zero attached hydrogens (tertiary/aromatic N) is 1. The van der Waals surface area contributed by atoms with Gasteiger partial charge in [0.2, 0.25) is 5.91 Å². The monoisotopic (exact) mass is 427 g/mol. The highest BCUT2D eigenvalue weighted by Gasteiger charge is 2.08. The quantitative estimate of drug-likeness (QED) is 0.739. The molecule has 1 amide bonds. The number of carbonyl (C=O) groups excluding carboxylic acids is 1. The molecule has 0 aliphatic rings. The van der Waals surface area contributed by atoms with Crippen LogP contribution in [0.3, 0.4) is 0 Å². The highest BCUT2D eigenvalue weighted by Crippen LogP contribution is 2.25. The minimum Gasteiger partial charge on any atom is -0.356 e. The normalized spacial score (nSPS) is 11.4. The summed E-state index contributed by atoms with van der Waals surface area (Å²) in [6.07, 6.45) is 1.15. The second-order valence-electron chi connectivity index (χ2n) is 4.86. The molecule has 8 heteroatoms. The lowest BCUT2D eigenvalue weighted by Crippen LogP contribution is -2.31. The summed E-state index contributed by atoms with van der Waals surface area (Å²) in [6.45, 7) is 3.25. The van der Waals surface area contributed by atoms with Crippen LogP contribution in [0.25, 0.3) is 10.2 Å². The van der Waals surface area contributed by atoms with Crippen LogP contribution in [-0.2, 0) is 11.2 Å². The topological polar surface area (TPSA) is 68.0 Å². The smallest absolute Gasteiger partial charge is 0.220 e. The lowest BCUT2D eigenvalue weighted by molar-refractivity contribution is -0.121. The van der Waals surface area contributed by atoms with Crippen molar-refractivity contribution in [3.05, 3.63) is 27.7 Å². The van der Waals surface area contributed by atoms with Gasteiger partial charge in [0.1, 0.15) is 0 Å². The Kier molecular flexibility index (Phi) is 10.2. The highest BCUT2D eigenvalue weighted by atomic mass is 79.9. The van der Waals surface area contributed by atoms with Crippen LogP contribution >= 0.6 is 52.1 Å². The van der Waals surface area contributed by atoms with E-state index in [4.69, 9.17) is 5.73 Å². The Labute approximate surface area is 155 Å². The summed E-state index contributed by atoms with van der Waals surface area (Å²) >= 11 is 5.08. The van der Waals surface area contributed by atoms with E-state index in [2.05, 4.69) is 26.2 Å². The lowest BCUT2D eigenvalue weighted by atomic mass is 10.2. The summed E-state index contributed by atoms with van der Waals surface area (Å²) < 4.78 is 2.18. The fraction of sp³-hybridized carbons (Fsp3) is 0.429. The van der Waals surface area contributed by atoms with E-state index in [1.165, 1.54) is 0 Å². The van der Waals surface area contributed by atoms with Gasteiger partial charge in [-0.2, -0.15) is 0 Å². The molecular formula is C14H20BrCl2N3OS. The minimum absolute atomic E-state index is 0. The van der Waals surface area contributed by atoms with Crippen LogP contribution in [0.15, 0.2) is 22.7 Å². The second-order valence-corrected chi connectivity index (χ2v) is 6.90. The molecule has 3 N–H and O–H groups in total. The molecule has 22 heavy (non-hydrogen) atoms. The molecule has 1 unspecified atom stereocenters. The Morgan fingerprint density at radius 1 is 1.45 bits per heavy atom. The molecule has 1 aromatic heterocycles. The van der Waals surface area contributed by atoms with Gasteiger partial charge in [-0.25, -0.2) is 4.98 Å². The molecule has 0 saturated carbocycles. The molecule has 2 rings (SSSR count). The van der Waals surface area contributed by atoms with E-state index < -0.39 is 0 Å². The molecule has 4 nitrogen and oxygen atoms in total. The third-order valence-corrected chi connectivity index (χ3v) is 4.60. The molecule has 0 bridgehead atoms. The maximum absolute atomic E-state index is 11.7. The number of fused-ring (bicyclic) bond motifs is 1. The number of amides is 1. The first-order valence-corrected chi connectivity index (χ1v) is 8.21. The zero-order valence-corrected chi connectivity index (χ0v) is 16.2. The number of hydrogen-bond acceptors (Lipinski definition) is 4. The highest BCUT2D eigenvalue weighted by molar-refractivity contribution is 9.10. The first-order valence-electron chi connectivity index (χ1n) is 6.60. The molecule has 0 saturated heterocycles. The number of rotatable bonds is 6. The molecule has 1 heterocycles. The van der Waals surface area contributed by atoms with Crippen LogP contribution in [0, 0.1) is 5.92 Å². The SMILES string of the molecule is CC(CN)CNC(=O)CCc1nc2cc(Br)ccc2s1.Cl.Cl. The van der Waals surface area contributed by atoms with Gasteiger partial charge < -0.3 is 11.1 Å². The van der Waals surface area contributed by atoms with E-state index in [9.17, 15) is 4.79 Å². The van der Waals surface area contributed by atoms with Crippen LogP contribution in [0.2, 0.25) is 0 Å². The van der Waals surface area contributed by atoms with Gasteiger partial charge in [-0.1, -0.05) is 22.9 Å². The predicted molar refractivity (Wildman–Crippen MR) is 101 cm³/mol. The number of hydrogen-bond donors (Lipinski definition) is 2. The number of aryl methyl sites for hydroxylation is 1. The Balaban J connectivity index is 0.00000220. The first-order chi connectivity index (χ1) is 9.58. The van der Waals surface area contributed by atoms with Gasteiger partial charge in [0, 0.05) is 23.9 Å². The van der Waals surface area contributed by atoms with Crippen molar-refractivity contribution in [1.29, 1.82) is 0 Å². The van der Waals surface area contributed by atoms with Gasteiger partial charge in [-0.3, -0.25) is 4.79 Å². The molecule has 1 aromatic carbocycles. The summed E-state index contributed by atoms with van der Waals surface area (Å²) in [4.78, 5) is 16.3. The van der Waals surface area contributed by atoms with Crippen LogP contribution in [0.5, 0.6) is 0 Å². The van der Waals surface area contributed by atoms with Crippen LogP contribution < -0.4 is 11.1 Å². The third kappa shape index (κ3) is 6.38. The second kappa shape index (κ2) is 10.4. The number of nitrogens with one attached hydrogen (secondary N) is 1. The van der Waals surface area contributed by atoms with Gasteiger partial charge in [-0.05, 0) is 30.7 Å². The molecule has 124 valence electrons. The molecule has 0 aliphatic heterocycles. The van der Waals surface area contributed by atoms with Crippen LogP contribution in [0.4, 0.5) is 0 Å². The molecule has 0 radical (unpaired) electrons. The van der Waals surface area contributed by atoms with Gasteiger partial charge in [0.05, 0.1) is 15.2 Å². The van der Waals surface area contributed by atoms with Gasteiger partial charge in [0.25, 0.3) is 0 Å². The number of aromatic nitrogens is 1. The van der Waals surface area contributed by atoms with Crippen LogP contribution in [0.1, 0.15) is 18.4 Å². The van der Waals surface area contributed by atoms with E-state index in [0.717, 1.165) is 19.7 Å². The molecule has 2 aromatic rings. The lowest BCUT2D eigenvalue weighted by Gasteiger charge is -2.09. The number of carbonyl (C=O) groups is 1. The Bertz CT molecular complexity index is 609. The van der Waals surface area contributed by atoms with E-state index in [-0.39, 0.29) is 30.7 Å². The Morgan fingerprint density at radius 3 is 2.86 bits per heavy atom. The van der Waals surface area contributed by atoms with Crippen molar-refractivity contribution < 1.29 is 4.79 Å². The fourth-order valence-electron chi connectivity index (χ4n) is 1.74. The molecule has 0 fully saturated rings. The van der Waals surface area contributed by atoms with Gasteiger partial charge in [-0.15, -0.1) is 36.2 Å². The van der Waals surface area contributed by atoms with Crippen molar-refractivity contribution in [3.63, 3.8) is 0 Å². The van der Waals surface area contributed by atoms with E-state index in [1.807, 2.05) is 25.1 Å². The molecule has 0 spiro atoms. The maximum Gasteiger partial charge on any atom is 0.220 e. The van der Waals surface area contributed by atoms with E-state index in [1.54, 1.807) is 11.3 Å². The number of benzene rings is 1. The summed E-state index contributed by atoms with van der Waals surface area (Å²) in [6, 6.07) is 6.05. The van der Waals surface area contributed by atoms with Gasteiger partial charge in [0.15, 0.2) is 0 Å². The summed E-state index contributed by atoms with van der Waals surface area (Å²) in [5.41, 5.74) is 6.50. The summed E-state index contributed by atoms with van der Waals surface area (Å²) in [5.74, 6) is 0.379. The molecule has 0 aliphatic carbocycles. The van der Waals surface area contributed by atoms with Crippen molar-refractivity contribution in [1.82, 2.24) is 10.3 Å². The molecular weight excluding hydrogens is 409 g/mol. The number of halogens is 3. The standard InChI is InChI=1S/C14H18BrN3OS.2ClH/c1-9(7-16)8-17-13(19)4-5-14-18-11-6-10(15)2-3-12(11)20-14;;/h2-3,6,9H,4-5,7-8,16H2,1H3,(H,17,19);2*1H. The summed E-state index contributed by atoms with van der Waals surface area (Å²) in [5, 5.41) is 3.90. The average molecular weight is 429 g/mol. The zero-order chi connectivity index (χ0) is 14.5. The fourth-order valence-corrected chi connectivity index (χ4v) is 3.03. The number of nitrogens with two attached hydrogens (primary N) is 1. The summed E-state index contributed by atoms with van der Waals surface area (Å²) in [7, 11) is 0. The maximum atomic E-state index is 11.7. The zero-order valence-electron chi connectivity index (χ0n) is 12.2.